The summed E-state index contributed by atoms with van der Waals surface area (Å²) < 4.78 is 9.39. The predicted molar refractivity (Wildman–Crippen MR) is 67.4 cm³/mol. The molecule has 0 radical (unpaired) electrons. The minimum absolute atomic E-state index is 0.000369. The van der Waals surface area contributed by atoms with Gasteiger partial charge < -0.3 is 24.8 Å². The molecule has 7 nitrogen and oxygen atoms in total. The number of aliphatic hydroxyl groups is 3. The molecule has 0 aliphatic carbocycles. The first-order valence-corrected chi connectivity index (χ1v) is 6.14. The zero-order valence-corrected chi connectivity index (χ0v) is 11.0. The van der Waals surface area contributed by atoms with Gasteiger partial charge in [0, 0.05) is 6.08 Å². The van der Waals surface area contributed by atoms with Crippen molar-refractivity contribution in [3.63, 3.8) is 0 Å². The Morgan fingerprint density at radius 3 is 2.65 bits per heavy atom. The number of hydrogen-bond donors (Lipinski definition) is 3. The maximum Gasteiger partial charge on any atom is 0.335 e. The number of carbonyl (C=O) groups excluding carboxylic acids is 2. The molecule has 4 unspecified atom stereocenters. The maximum absolute atomic E-state index is 11.3. The standard InChI is InChI=1S/C13H18O7/c1-2-3-9(14)10(15)4-5-11(16)19-6-8-7-20-13(18)12(8)17/h2-5,8-10,12,14-15,17H,6-7H2,1H3. The predicted octanol–water partition coefficient (Wildman–Crippen LogP) is -1.08. The molecular weight excluding hydrogens is 268 g/mol. The highest BCUT2D eigenvalue weighted by Crippen LogP contribution is 2.15. The molecule has 1 saturated heterocycles. The van der Waals surface area contributed by atoms with Gasteiger partial charge in [0.05, 0.1) is 5.92 Å². The molecule has 1 heterocycles. The third-order valence-corrected chi connectivity index (χ3v) is 2.74. The summed E-state index contributed by atoms with van der Waals surface area (Å²) in [5, 5.41) is 28.2. The van der Waals surface area contributed by atoms with Gasteiger partial charge in [0.2, 0.25) is 0 Å². The number of rotatable bonds is 6. The van der Waals surface area contributed by atoms with Gasteiger partial charge in [-0.1, -0.05) is 12.2 Å². The van der Waals surface area contributed by atoms with Crippen molar-refractivity contribution >= 4 is 11.9 Å². The van der Waals surface area contributed by atoms with Crippen LogP contribution in [0.2, 0.25) is 0 Å². The smallest absolute Gasteiger partial charge is 0.335 e. The van der Waals surface area contributed by atoms with Crippen LogP contribution >= 0.6 is 0 Å². The van der Waals surface area contributed by atoms with Crippen LogP contribution in [-0.4, -0.2) is 58.8 Å². The van der Waals surface area contributed by atoms with Crippen LogP contribution in [0.4, 0.5) is 0 Å². The normalized spacial score (nSPS) is 25.9. The highest BCUT2D eigenvalue weighted by atomic mass is 16.6. The van der Waals surface area contributed by atoms with Gasteiger partial charge in [-0.3, -0.25) is 0 Å². The Morgan fingerprint density at radius 2 is 2.10 bits per heavy atom. The SMILES string of the molecule is CC=CC(O)C(O)C=CC(=O)OCC1COC(=O)C1O. The Morgan fingerprint density at radius 1 is 1.45 bits per heavy atom. The van der Waals surface area contributed by atoms with E-state index in [0.717, 1.165) is 12.2 Å². The topological polar surface area (TPSA) is 113 Å². The first-order chi connectivity index (χ1) is 9.45. The van der Waals surface area contributed by atoms with E-state index >= 15 is 0 Å². The van der Waals surface area contributed by atoms with Gasteiger partial charge in [0.15, 0.2) is 6.10 Å². The van der Waals surface area contributed by atoms with Gasteiger partial charge in [-0.25, -0.2) is 9.59 Å². The number of ether oxygens (including phenoxy) is 2. The van der Waals surface area contributed by atoms with Crippen molar-refractivity contribution in [2.24, 2.45) is 5.92 Å². The Kier molecular flexibility index (Phi) is 6.37. The summed E-state index contributed by atoms with van der Waals surface area (Å²) in [6.45, 7) is 1.52. The van der Waals surface area contributed by atoms with E-state index in [4.69, 9.17) is 4.74 Å². The minimum Gasteiger partial charge on any atom is -0.463 e. The van der Waals surface area contributed by atoms with Crippen molar-refractivity contribution in [1.82, 2.24) is 0 Å². The molecule has 1 aliphatic rings. The van der Waals surface area contributed by atoms with E-state index in [2.05, 4.69) is 4.74 Å². The Labute approximate surface area is 116 Å². The fraction of sp³-hybridized carbons (Fsp3) is 0.538. The van der Waals surface area contributed by atoms with Crippen LogP contribution in [0.15, 0.2) is 24.3 Å². The summed E-state index contributed by atoms with van der Waals surface area (Å²) in [5.41, 5.74) is 0. The number of esters is 2. The van der Waals surface area contributed by atoms with E-state index < -0.39 is 36.2 Å². The van der Waals surface area contributed by atoms with Crippen molar-refractivity contribution in [2.75, 3.05) is 13.2 Å². The van der Waals surface area contributed by atoms with E-state index in [9.17, 15) is 24.9 Å². The van der Waals surface area contributed by atoms with E-state index in [0.29, 0.717) is 0 Å². The molecule has 0 amide bonds. The van der Waals surface area contributed by atoms with Crippen molar-refractivity contribution < 1.29 is 34.4 Å². The molecule has 7 heteroatoms. The molecule has 0 aromatic heterocycles. The molecule has 0 spiro atoms. The van der Waals surface area contributed by atoms with E-state index in [-0.39, 0.29) is 13.2 Å². The molecule has 0 aromatic rings. The first kappa shape index (κ1) is 16.4. The van der Waals surface area contributed by atoms with E-state index in [1.807, 2.05) is 0 Å². The summed E-state index contributed by atoms with van der Waals surface area (Å²) >= 11 is 0. The average molecular weight is 286 g/mol. The van der Waals surface area contributed by atoms with Crippen LogP contribution in [0.3, 0.4) is 0 Å². The molecular formula is C13H18O7. The highest BCUT2D eigenvalue weighted by Gasteiger charge is 2.35. The van der Waals surface area contributed by atoms with Gasteiger partial charge in [-0.2, -0.15) is 0 Å². The highest BCUT2D eigenvalue weighted by molar-refractivity contribution is 5.82. The lowest BCUT2D eigenvalue weighted by Crippen LogP contribution is -2.26. The molecule has 1 aliphatic heterocycles. The largest absolute Gasteiger partial charge is 0.463 e. The second-order valence-corrected chi connectivity index (χ2v) is 4.33. The van der Waals surface area contributed by atoms with Crippen molar-refractivity contribution in [3.05, 3.63) is 24.3 Å². The zero-order valence-electron chi connectivity index (χ0n) is 11.0. The molecule has 112 valence electrons. The second kappa shape index (κ2) is 7.78. The number of hydrogen-bond acceptors (Lipinski definition) is 7. The Hall–Kier alpha value is -1.70. The summed E-state index contributed by atoms with van der Waals surface area (Å²) in [6.07, 6.45) is 1.40. The number of aliphatic hydroxyl groups excluding tert-OH is 3. The Balaban J connectivity index is 2.35. The van der Waals surface area contributed by atoms with Crippen LogP contribution in [0.5, 0.6) is 0 Å². The van der Waals surface area contributed by atoms with Crippen LogP contribution in [-0.2, 0) is 19.1 Å². The van der Waals surface area contributed by atoms with Gasteiger partial charge in [0.25, 0.3) is 0 Å². The lowest BCUT2D eigenvalue weighted by atomic mass is 10.1. The van der Waals surface area contributed by atoms with Crippen molar-refractivity contribution in [2.45, 2.75) is 25.2 Å². The van der Waals surface area contributed by atoms with E-state index in [1.165, 1.54) is 6.08 Å². The monoisotopic (exact) mass is 286 g/mol. The average Bonchev–Trinajstić information content (AvgIpc) is 2.74. The summed E-state index contributed by atoms with van der Waals surface area (Å²) in [4.78, 5) is 22.2. The number of carbonyl (C=O) groups is 2. The summed E-state index contributed by atoms with van der Waals surface area (Å²) in [5.74, 6) is -2.06. The van der Waals surface area contributed by atoms with Crippen molar-refractivity contribution in [1.29, 1.82) is 0 Å². The Bertz CT molecular complexity index is 402. The molecule has 20 heavy (non-hydrogen) atoms. The quantitative estimate of drug-likeness (QED) is 0.323. The minimum atomic E-state index is -1.28. The molecule has 0 saturated carbocycles. The lowest BCUT2D eigenvalue weighted by molar-refractivity contribution is -0.146. The number of allylic oxidation sites excluding steroid dienone is 1. The molecule has 0 aromatic carbocycles. The van der Waals surface area contributed by atoms with Gasteiger partial charge in [0.1, 0.15) is 25.4 Å². The molecule has 1 fully saturated rings. The van der Waals surface area contributed by atoms with Crippen LogP contribution in [0, 0.1) is 5.92 Å². The van der Waals surface area contributed by atoms with Crippen LogP contribution < -0.4 is 0 Å². The summed E-state index contributed by atoms with van der Waals surface area (Å²) in [7, 11) is 0. The fourth-order valence-electron chi connectivity index (χ4n) is 1.54. The van der Waals surface area contributed by atoms with E-state index in [1.54, 1.807) is 13.0 Å². The third-order valence-electron chi connectivity index (χ3n) is 2.74. The third kappa shape index (κ3) is 4.76. The first-order valence-electron chi connectivity index (χ1n) is 6.14. The molecule has 3 N–H and O–H groups in total. The summed E-state index contributed by atoms with van der Waals surface area (Å²) in [6, 6.07) is 0. The maximum atomic E-state index is 11.3. The second-order valence-electron chi connectivity index (χ2n) is 4.33. The lowest BCUT2D eigenvalue weighted by Gasteiger charge is -2.11. The zero-order chi connectivity index (χ0) is 15.1. The van der Waals surface area contributed by atoms with Crippen LogP contribution in [0.1, 0.15) is 6.92 Å². The fourth-order valence-corrected chi connectivity index (χ4v) is 1.54. The molecule has 0 bridgehead atoms. The van der Waals surface area contributed by atoms with Crippen LogP contribution in [0.25, 0.3) is 0 Å². The molecule has 1 rings (SSSR count). The van der Waals surface area contributed by atoms with Gasteiger partial charge >= 0.3 is 11.9 Å². The van der Waals surface area contributed by atoms with Gasteiger partial charge in [-0.15, -0.1) is 0 Å². The number of cyclic esters (lactones) is 1. The molecule has 4 atom stereocenters. The van der Waals surface area contributed by atoms with Crippen molar-refractivity contribution in [3.8, 4) is 0 Å². The van der Waals surface area contributed by atoms with Gasteiger partial charge in [-0.05, 0) is 13.0 Å².